The van der Waals surface area contributed by atoms with Crippen LogP contribution in [-0.2, 0) is 11.3 Å². The fraction of sp³-hybridized carbons (Fsp3) is 0.667. The van der Waals surface area contributed by atoms with Gasteiger partial charge in [-0.2, -0.15) is 0 Å². The van der Waals surface area contributed by atoms with Crippen molar-refractivity contribution in [2.75, 3.05) is 13.1 Å². The number of carbonyl (C=O) groups is 1. The van der Waals surface area contributed by atoms with E-state index in [1.165, 1.54) is 12.8 Å². The number of aromatic nitrogens is 1. The third-order valence-electron chi connectivity index (χ3n) is 3.18. The summed E-state index contributed by atoms with van der Waals surface area (Å²) in [5.74, 6) is 0.891. The quantitative estimate of drug-likeness (QED) is 0.837. The van der Waals surface area contributed by atoms with Crippen molar-refractivity contribution >= 4 is 17.2 Å². The molecule has 0 aromatic carbocycles. The third kappa shape index (κ3) is 4.44. The van der Waals surface area contributed by atoms with Crippen LogP contribution in [0.15, 0.2) is 11.7 Å². The molecule has 1 aliphatic rings. The van der Waals surface area contributed by atoms with E-state index in [1.54, 1.807) is 23.0 Å². The minimum atomic E-state index is 0.164. The Morgan fingerprint density at radius 3 is 3.06 bits per heavy atom. The lowest BCUT2D eigenvalue weighted by molar-refractivity contribution is -0.121. The Kier molecular flexibility index (Phi) is 4.94. The molecule has 4 nitrogen and oxygen atoms in total. The lowest BCUT2D eigenvalue weighted by Crippen LogP contribution is -2.29. The summed E-state index contributed by atoms with van der Waals surface area (Å²) in [7, 11) is 0. The summed E-state index contributed by atoms with van der Waals surface area (Å²) in [6, 6.07) is 0. The van der Waals surface area contributed by atoms with Crippen molar-refractivity contribution in [1.29, 1.82) is 0 Å². The molecular formula is C12H19N3OS. The summed E-state index contributed by atoms with van der Waals surface area (Å²) in [6.07, 6.45) is 5.90. The van der Waals surface area contributed by atoms with Crippen molar-refractivity contribution in [2.45, 2.75) is 32.2 Å². The van der Waals surface area contributed by atoms with Crippen LogP contribution < -0.4 is 10.6 Å². The smallest absolute Gasteiger partial charge is 0.220 e. The van der Waals surface area contributed by atoms with Crippen molar-refractivity contribution in [3.05, 3.63) is 16.6 Å². The molecule has 1 saturated heterocycles. The summed E-state index contributed by atoms with van der Waals surface area (Å²) in [5, 5.41) is 6.28. The molecule has 1 aromatic rings. The van der Waals surface area contributed by atoms with Crippen molar-refractivity contribution in [2.24, 2.45) is 5.92 Å². The van der Waals surface area contributed by atoms with Crippen LogP contribution in [0.3, 0.4) is 0 Å². The normalized spacial score (nSPS) is 16.9. The first kappa shape index (κ1) is 12.5. The molecule has 1 amide bonds. The molecule has 0 aliphatic carbocycles. The van der Waals surface area contributed by atoms with Crippen LogP contribution in [0.5, 0.6) is 0 Å². The van der Waals surface area contributed by atoms with Gasteiger partial charge in [0.05, 0.1) is 12.1 Å². The highest BCUT2D eigenvalue weighted by atomic mass is 32.1. The number of hydrogen-bond acceptors (Lipinski definition) is 4. The van der Waals surface area contributed by atoms with Gasteiger partial charge in [-0.3, -0.25) is 9.78 Å². The fourth-order valence-electron chi connectivity index (χ4n) is 2.11. The Labute approximate surface area is 106 Å². The Balaban J connectivity index is 1.60. The summed E-state index contributed by atoms with van der Waals surface area (Å²) < 4.78 is 0. The van der Waals surface area contributed by atoms with E-state index in [0.29, 0.717) is 13.0 Å². The van der Waals surface area contributed by atoms with Gasteiger partial charge >= 0.3 is 0 Å². The van der Waals surface area contributed by atoms with E-state index in [4.69, 9.17) is 0 Å². The maximum Gasteiger partial charge on any atom is 0.220 e. The first-order chi connectivity index (χ1) is 8.34. The molecule has 2 heterocycles. The van der Waals surface area contributed by atoms with E-state index in [1.807, 2.05) is 0 Å². The van der Waals surface area contributed by atoms with Crippen LogP contribution >= 0.6 is 11.3 Å². The Morgan fingerprint density at radius 2 is 2.35 bits per heavy atom. The second-order valence-electron chi connectivity index (χ2n) is 4.48. The topological polar surface area (TPSA) is 54.0 Å². The molecule has 5 heteroatoms. The van der Waals surface area contributed by atoms with Gasteiger partial charge < -0.3 is 10.6 Å². The molecule has 0 unspecified atom stereocenters. The number of amides is 1. The molecule has 2 rings (SSSR count). The molecule has 0 radical (unpaired) electrons. The van der Waals surface area contributed by atoms with Gasteiger partial charge in [0.2, 0.25) is 5.91 Å². The molecule has 0 saturated carbocycles. The van der Waals surface area contributed by atoms with E-state index in [2.05, 4.69) is 15.6 Å². The number of nitrogens with zero attached hydrogens (tertiary/aromatic N) is 1. The monoisotopic (exact) mass is 253 g/mol. The molecule has 0 spiro atoms. The summed E-state index contributed by atoms with van der Waals surface area (Å²) >= 11 is 1.58. The number of rotatable bonds is 5. The maximum absolute atomic E-state index is 11.6. The maximum atomic E-state index is 11.6. The molecule has 94 valence electrons. The van der Waals surface area contributed by atoms with Crippen LogP contribution in [0.25, 0.3) is 0 Å². The van der Waals surface area contributed by atoms with Crippen LogP contribution in [0, 0.1) is 5.92 Å². The molecule has 1 aromatic heterocycles. The van der Waals surface area contributed by atoms with Gasteiger partial charge in [-0.05, 0) is 38.3 Å². The van der Waals surface area contributed by atoms with Gasteiger partial charge in [-0.1, -0.05) is 0 Å². The van der Waals surface area contributed by atoms with Crippen LogP contribution in [0.4, 0.5) is 0 Å². The van der Waals surface area contributed by atoms with E-state index < -0.39 is 0 Å². The van der Waals surface area contributed by atoms with E-state index in [9.17, 15) is 4.79 Å². The molecule has 1 fully saturated rings. The fourth-order valence-corrected chi connectivity index (χ4v) is 2.64. The Hall–Kier alpha value is -0.940. The first-order valence-corrected chi connectivity index (χ1v) is 7.07. The first-order valence-electron chi connectivity index (χ1n) is 6.19. The van der Waals surface area contributed by atoms with E-state index in [0.717, 1.165) is 30.3 Å². The van der Waals surface area contributed by atoms with Crippen molar-refractivity contribution in [3.63, 3.8) is 0 Å². The van der Waals surface area contributed by atoms with Gasteiger partial charge in [0.25, 0.3) is 0 Å². The second-order valence-corrected chi connectivity index (χ2v) is 5.45. The highest BCUT2D eigenvalue weighted by molar-refractivity contribution is 7.09. The minimum absolute atomic E-state index is 0.164. The van der Waals surface area contributed by atoms with Gasteiger partial charge in [0, 0.05) is 17.5 Å². The standard InChI is InChI=1S/C12H19N3OS/c16-12(15-8-11-7-14-9-17-11)2-1-10-3-5-13-6-4-10/h7,9-10,13H,1-6,8H2,(H,15,16). The van der Waals surface area contributed by atoms with Crippen molar-refractivity contribution in [3.8, 4) is 0 Å². The van der Waals surface area contributed by atoms with Crippen molar-refractivity contribution in [1.82, 2.24) is 15.6 Å². The van der Waals surface area contributed by atoms with Gasteiger partial charge in [0.15, 0.2) is 0 Å². The van der Waals surface area contributed by atoms with Crippen LogP contribution in [0.2, 0.25) is 0 Å². The lowest BCUT2D eigenvalue weighted by Gasteiger charge is -2.22. The number of piperidine rings is 1. The molecule has 2 N–H and O–H groups in total. The van der Waals surface area contributed by atoms with Gasteiger partial charge in [-0.15, -0.1) is 11.3 Å². The Morgan fingerprint density at radius 1 is 1.53 bits per heavy atom. The molecular weight excluding hydrogens is 234 g/mol. The zero-order valence-electron chi connectivity index (χ0n) is 9.95. The zero-order chi connectivity index (χ0) is 11.9. The number of thiazole rings is 1. The third-order valence-corrected chi connectivity index (χ3v) is 3.96. The van der Waals surface area contributed by atoms with Crippen molar-refractivity contribution < 1.29 is 4.79 Å². The van der Waals surface area contributed by atoms with Gasteiger partial charge in [-0.25, -0.2) is 0 Å². The minimum Gasteiger partial charge on any atom is -0.351 e. The highest BCUT2D eigenvalue weighted by Crippen LogP contribution is 2.17. The summed E-state index contributed by atoms with van der Waals surface area (Å²) in [6.45, 7) is 2.83. The van der Waals surface area contributed by atoms with E-state index in [-0.39, 0.29) is 5.91 Å². The number of hydrogen-bond donors (Lipinski definition) is 2. The number of carbonyl (C=O) groups excluding carboxylic acids is 1. The van der Waals surface area contributed by atoms with Crippen LogP contribution in [0.1, 0.15) is 30.6 Å². The average Bonchev–Trinajstić information content (AvgIpc) is 2.88. The predicted molar refractivity (Wildman–Crippen MR) is 68.8 cm³/mol. The molecule has 0 bridgehead atoms. The average molecular weight is 253 g/mol. The van der Waals surface area contributed by atoms with Gasteiger partial charge in [0.1, 0.15) is 0 Å². The predicted octanol–water partition coefficient (Wildman–Crippen LogP) is 1.54. The lowest BCUT2D eigenvalue weighted by atomic mass is 9.93. The highest BCUT2D eigenvalue weighted by Gasteiger charge is 2.14. The number of nitrogens with one attached hydrogen (secondary N) is 2. The molecule has 17 heavy (non-hydrogen) atoms. The molecule has 1 aliphatic heterocycles. The zero-order valence-corrected chi connectivity index (χ0v) is 10.8. The SMILES string of the molecule is O=C(CCC1CCNCC1)NCc1cncs1. The second kappa shape index (κ2) is 6.71. The summed E-state index contributed by atoms with van der Waals surface area (Å²) in [5.41, 5.74) is 1.79. The van der Waals surface area contributed by atoms with Crippen LogP contribution in [-0.4, -0.2) is 24.0 Å². The van der Waals surface area contributed by atoms with E-state index >= 15 is 0 Å². The summed E-state index contributed by atoms with van der Waals surface area (Å²) in [4.78, 5) is 16.7. The Bertz CT molecular complexity index is 334. The molecule has 0 atom stereocenters. The largest absolute Gasteiger partial charge is 0.351 e.